The zero-order chi connectivity index (χ0) is 45.1. The fourth-order valence-corrected chi connectivity index (χ4v) is 8.05. The first-order chi connectivity index (χ1) is 30.5. The van der Waals surface area contributed by atoms with Gasteiger partial charge in [0.25, 0.3) is 0 Å². The maximum absolute atomic E-state index is 12.8. The van der Waals surface area contributed by atoms with Crippen LogP contribution in [0.15, 0.2) is 24.3 Å². The highest BCUT2D eigenvalue weighted by Gasteiger charge is 2.19. The van der Waals surface area contributed by atoms with Gasteiger partial charge in [0, 0.05) is 19.3 Å². The standard InChI is InChI=1S/C56H104O6/c1-4-7-10-13-16-19-22-25-27-28-29-30-32-34-37-40-43-46-49-55(58)61-52-53(51-60-54(57)48-45-42-39-36-33-24-21-18-15-12-9-6-3)62-56(59)50-47-44-41-38-35-31-26-23-20-17-14-11-8-5-2/h14,17,23,26,53H,4-13,15-16,18-22,24-25,27-52H2,1-3H3/b17-14-,26-23-/t53-/m1/s1. The number of hydrogen-bond acceptors (Lipinski definition) is 6. The lowest BCUT2D eigenvalue weighted by atomic mass is 10.0. The van der Waals surface area contributed by atoms with Crippen LogP contribution in [-0.4, -0.2) is 37.2 Å². The molecule has 0 spiro atoms. The molecule has 1 atom stereocenters. The van der Waals surface area contributed by atoms with Crippen molar-refractivity contribution in [2.75, 3.05) is 13.2 Å². The van der Waals surface area contributed by atoms with Crippen LogP contribution in [0.4, 0.5) is 0 Å². The van der Waals surface area contributed by atoms with Crippen LogP contribution >= 0.6 is 0 Å². The van der Waals surface area contributed by atoms with Crippen LogP contribution in [0.2, 0.25) is 0 Å². The van der Waals surface area contributed by atoms with Crippen molar-refractivity contribution in [2.45, 2.75) is 303 Å². The van der Waals surface area contributed by atoms with E-state index >= 15 is 0 Å². The second kappa shape index (κ2) is 51.5. The van der Waals surface area contributed by atoms with Gasteiger partial charge in [-0.05, 0) is 44.9 Å². The maximum Gasteiger partial charge on any atom is 0.306 e. The Morgan fingerprint density at radius 2 is 0.597 bits per heavy atom. The van der Waals surface area contributed by atoms with Crippen LogP contribution in [0.1, 0.15) is 297 Å². The van der Waals surface area contributed by atoms with Crippen LogP contribution in [0.5, 0.6) is 0 Å². The number of esters is 3. The number of ether oxygens (including phenoxy) is 3. The molecule has 0 aromatic heterocycles. The molecule has 0 aliphatic rings. The number of carbonyl (C=O) groups excluding carboxylic acids is 3. The molecule has 6 nitrogen and oxygen atoms in total. The Hall–Kier alpha value is -2.11. The van der Waals surface area contributed by atoms with Gasteiger partial charge in [-0.3, -0.25) is 14.4 Å². The third-order valence-corrected chi connectivity index (χ3v) is 12.2. The zero-order valence-electron chi connectivity index (χ0n) is 41.7. The lowest BCUT2D eigenvalue weighted by Crippen LogP contribution is -2.30. The fraction of sp³-hybridized carbons (Fsp3) is 0.875. The number of hydrogen-bond donors (Lipinski definition) is 0. The van der Waals surface area contributed by atoms with Crippen LogP contribution in [-0.2, 0) is 28.6 Å². The summed E-state index contributed by atoms with van der Waals surface area (Å²) >= 11 is 0. The molecule has 0 aliphatic carbocycles. The summed E-state index contributed by atoms with van der Waals surface area (Å²) in [5.74, 6) is -0.869. The second-order valence-electron chi connectivity index (χ2n) is 18.5. The molecule has 0 aliphatic heterocycles. The van der Waals surface area contributed by atoms with Crippen molar-refractivity contribution in [2.24, 2.45) is 0 Å². The summed E-state index contributed by atoms with van der Waals surface area (Å²) in [6.07, 6.45) is 58.8. The minimum atomic E-state index is -0.772. The Kier molecular flexibility index (Phi) is 49.8. The highest BCUT2D eigenvalue weighted by molar-refractivity contribution is 5.71. The van der Waals surface area contributed by atoms with Crippen LogP contribution < -0.4 is 0 Å². The Morgan fingerprint density at radius 3 is 0.935 bits per heavy atom. The Bertz CT molecular complexity index is 1000. The van der Waals surface area contributed by atoms with Gasteiger partial charge in [-0.15, -0.1) is 0 Å². The summed E-state index contributed by atoms with van der Waals surface area (Å²) in [6, 6.07) is 0. The molecule has 0 bridgehead atoms. The van der Waals surface area contributed by atoms with Gasteiger partial charge in [0.2, 0.25) is 0 Å². The molecule has 0 unspecified atom stereocenters. The van der Waals surface area contributed by atoms with E-state index in [-0.39, 0.29) is 31.1 Å². The molecule has 0 N–H and O–H groups in total. The molecule has 0 saturated heterocycles. The van der Waals surface area contributed by atoms with Crippen LogP contribution in [0, 0.1) is 0 Å². The van der Waals surface area contributed by atoms with Crippen molar-refractivity contribution in [1.82, 2.24) is 0 Å². The predicted octanol–water partition coefficient (Wildman–Crippen LogP) is 17.9. The minimum absolute atomic E-state index is 0.0719. The first-order valence-electron chi connectivity index (χ1n) is 27.3. The van der Waals surface area contributed by atoms with Gasteiger partial charge in [0.05, 0.1) is 0 Å². The largest absolute Gasteiger partial charge is 0.462 e. The molecule has 0 heterocycles. The minimum Gasteiger partial charge on any atom is -0.462 e. The number of carbonyl (C=O) groups is 3. The van der Waals surface area contributed by atoms with E-state index in [1.807, 2.05) is 0 Å². The molecule has 6 heteroatoms. The zero-order valence-corrected chi connectivity index (χ0v) is 41.7. The number of unbranched alkanes of at least 4 members (excludes halogenated alkanes) is 35. The van der Waals surface area contributed by atoms with Gasteiger partial charge in [-0.2, -0.15) is 0 Å². The highest BCUT2D eigenvalue weighted by Crippen LogP contribution is 2.17. The van der Waals surface area contributed by atoms with Crippen molar-refractivity contribution in [3.05, 3.63) is 24.3 Å². The van der Waals surface area contributed by atoms with Gasteiger partial charge >= 0.3 is 17.9 Å². The molecule has 0 saturated carbocycles. The smallest absolute Gasteiger partial charge is 0.306 e. The van der Waals surface area contributed by atoms with E-state index in [9.17, 15) is 14.4 Å². The Labute approximate surface area is 385 Å². The Morgan fingerprint density at radius 1 is 0.323 bits per heavy atom. The monoisotopic (exact) mass is 873 g/mol. The van der Waals surface area contributed by atoms with Gasteiger partial charge in [0.15, 0.2) is 6.10 Å². The van der Waals surface area contributed by atoms with Crippen LogP contribution in [0.25, 0.3) is 0 Å². The lowest BCUT2D eigenvalue weighted by Gasteiger charge is -2.18. The molecule has 0 rings (SSSR count). The molecule has 0 aromatic rings. The first kappa shape index (κ1) is 59.9. The van der Waals surface area contributed by atoms with E-state index in [0.717, 1.165) is 83.5 Å². The van der Waals surface area contributed by atoms with Crippen molar-refractivity contribution in [3.8, 4) is 0 Å². The lowest BCUT2D eigenvalue weighted by molar-refractivity contribution is -0.167. The third-order valence-electron chi connectivity index (χ3n) is 12.2. The third kappa shape index (κ3) is 48.9. The van der Waals surface area contributed by atoms with E-state index < -0.39 is 6.10 Å². The summed E-state index contributed by atoms with van der Waals surface area (Å²) in [4.78, 5) is 38.0. The summed E-state index contributed by atoms with van der Waals surface area (Å²) in [5, 5.41) is 0. The van der Waals surface area contributed by atoms with E-state index in [4.69, 9.17) is 14.2 Å². The SMILES string of the molecule is CCCC/C=C\C/C=C\CCCCCCCC(=O)O[C@H](COC(=O)CCCCCCCCCCCCCC)COC(=O)CCCCCCCCCCCCCCCCCCCC. The second-order valence-corrected chi connectivity index (χ2v) is 18.5. The molecule has 0 aromatic carbocycles. The molecular formula is C56H104O6. The van der Waals surface area contributed by atoms with Gasteiger partial charge < -0.3 is 14.2 Å². The van der Waals surface area contributed by atoms with Gasteiger partial charge in [0.1, 0.15) is 13.2 Å². The molecule has 364 valence electrons. The van der Waals surface area contributed by atoms with Gasteiger partial charge in [-0.25, -0.2) is 0 Å². The summed E-state index contributed by atoms with van der Waals surface area (Å²) < 4.78 is 16.8. The summed E-state index contributed by atoms with van der Waals surface area (Å²) in [5.41, 5.74) is 0. The van der Waals surface area contributed by atoms with Crippen molar-refractivity contribution < 1.29 is 28.6 Å². The fourth-order valence-electron chi connectivity index (χ4n) is 8.05. The number of allylic oxidation sites excluding steroid dienone is 4. The van der Waals surface area contributed by atoms with Crippen LogP contribution in [0.3, 0.4) is 0 Å². The molecular weight excluding hydrogens is 769 g/mol. The quantitative estimate of drug-likeness (QED) is 0.0262. The number of rotatable bonds is 50. The highest BCUT2D eigenvalue weighted by atomic mass is 16.6. The van der Waals surface area contributed by atoms with Crippen molar-refractivity contribution in [3.63, 3.8) is 0 Å². The topological polar surface area (TPSA) is 78.9 Å². The van der Waals surface area contributed by atoms with Crippen molar-refractivity contribution >= 4 is 17.9 Å². The summed E-state index contributed by atoms with van der Waals surface area (Å²) in [6.45, 7) is 6.62. The molecule has 0 radical (unpaired) electrons. The average Bonchev–Trinajstić information content (AvgIpc) is 3.27. The maximum atomic E-state index is 12.8. The van der Waals surface area contributed by atoms with Gasteiger partial charge in [-0.1, -0.05) is 257 Å². The normalized spacial score (nSPS) is 12.1. The molecule has 62 heavy (non-hydrogen) atoms. The van der Waals surface area contributed by atoms with E-state index in [1.165, 1.54) is 173 Å². The van der Waals surface area contributed by atoms with Crippen molar-refractivity contribution in [1.29, 1.82) is 0 Å². The Balaban J connectivity index is 4.31. The van der Waals surface area contributed by atoms with E-state index in [1.54, 1.807) is 0 Å². The molecule has 0 fully saturated rings. The first-order valence-corrected chi connectivity index (χ1v) is 27.3. The predicted molar refractivity (Wildman–Crippen MR) is 266 cm³/mol. The van der Waals surface area contributed by atoms with E-state index in [0.29, 0.717) is 19.3 Å². The summed E-state index contributed by atoms with van der Waals surface area (Å²) in [7, 11) is 0. The van der Waals surface area contributed by atoms with E-state index in [2.05, 4.69) is 45.1 Å². The average molecular weight is 873 g/mol. The molecule has 0 amide bonds.